The fraction of sp³-hybridized carbons (Fsp3) is 0.833. The summed E-state index contributed by atoms with van der Waals surface area (Å²) in [5.41, 5.74) is 0. The van der Waals surface area contributed by atoms with Crippen molar-refractivity contribution in [3.63, 3.8) is 0 Å². The SMILES string of the molecule is O=C(CO)C(O)C(O)C(O)CO.O=P([O-])([O-])OP(=O)([O-])O.[K+].[K+].[K+]. The Hall–Kier alpha value is 4.64. The van der Waals surface area contributed by atoms with E-state index in [0.29, 0.717) is 0 Å². The number of carbonyl (C=O) groups excluding carboxylic acids is 1. The molecule has 0 aromatic rings. The fourth-order valence-electron chi connectivity index (χ4n) is 0.729. The normalized spacial score (nSPS) is 16.4. The van der Waals surface area contributed by atoms with Gasteiger partial charge in [-0.05, 0) is 0 Å². The summed E-state index contributed by atoms with van der Waals surface area (Å²) in [6, 6.07) is 0. The zero-order chi connectivity index (χ0) is 17.4. The summed E-state index contributed by atoms with van der Waals surface area (Å²) in [4.78, 5) is 46.2. The van der Waals surface area contributed by atoms with Crippen LogP contribution >= 0.6 is 15.6 Å². The quantitative estimate of drug-likeness (QED) is 0.149. The van der Waals surface area contributed by atoms with Crippen LogP contribution in [-0.4, -0.2) is 67.7 Å². The Morgan fingerprint density at radius 3 is 1.54 bits per heavy atom. The van der Waals surface area contributed by atoms with Crippen LogP contribution in [0.15, 0.2) is 0 Å². The van der Waals surface area contributed by atoms with E-state index in [9.17, 15) is 28.6 Å². The molecule has 4 unspecified atom stereocenters. The summed E-state index contributed by atoms with van der Waals surface area (Å²) >= 11 is 0. The molecule has 0 rings (SSSR count). The van der Waals surface area contributed by atoms with E-state index in [1.54, 1.807) is 0 Å². The van der Waals surface area contributed by atoms with E-state index in [4.69, 9.17) is 30.4 Å². The molecule has 0 aliphatic rings. The molecular formula is C6H13K3O13P2. The van der Waals surface area contributed by atoms with Gasteiger partial charge in [0.1, 0.15) is 24.9 Å². The first-order valence-corrected chi connectivity index (χ1v) is 7.76. The fourth-order valence-corrected chi connectivity index (χ4v) is 1.74. The number of hydrogen-bond donors (Lipinski definition) is 6. The minimum Gasteiger partial charge on any atom is -0.790 e. The van der Waals surface area contributed by atoms with Crippen molar-refractivity contribution in [3.8, 4) is 0 Å². The van der Waals surface area contributed by atoms with Gasteiger partial charge in [0.2, 0.25) is 0 Å². The molecule has 0 radical (unpaired) electrons. The van der Waals surface area contributed by atoms with Crippen LogP contribution in [0.5, 0.6) is 0 Å². The predicted molar refractivity (Wildman–Crippen MR) is 55.7 cm³/mol. The van der Waals surface area contributed by atoms with Crippen molar-refractivity contribution in [2.75, 3.05) is 13.2 Å². The third-order valence-corrected chi connectivity index (χ3v) is 3.22. The molecule has 0 aromatic heterocycles. The Kier molecular flexibility index (Phi) is 32.0. The topological polar surface area (TPSA) is 251 Å². The number of rotatable bonds is 7. The zero-order valence-corrected chi connectivity index (χ0v) is 24.2. The van der Waals surface area contributed by atoms with Crippen molar-refractivity contribution in [1.29, 1.82) is 0 Å². The third kappa shape index (κ3) is 24.7. The summed E-state index contributed by atoms with van der Waals surface area (Å²) in [7, 11) is -11.0. The third-order valence-electron chi connectivity index (χ3n) is 1.59. The molecule has 6 N–H and O–H groups in total. The molecule has 13 nitrogen and oxygen atoms in total. The standard InChI is InChI=1S/C6H12O6.3K.H4O7P2/c7-1-3(9)5(11)6(12)4(10)2-8;;;;1-8(2,3)7-9(4,5)6/h3,5-9,11-12H,1-2H2;;;;(H2,1,2,3)(H2,4,5,6)/q;3*+1;/p-3. The molecule has 0 fully saturated rings. The van der Waals surface area contributed by atoms with Crippen molar-refractivity contribution < 1.29 is 217 Å². The van der Waals surface area contributed by atoms with Crippen LogP contribution in [-0.2, 0) is 18.2 Å². The van der Waals surface area contributed by atoms with Gasteiger partial charge in [-0.25, -0.2) is 0 Å². The molecule has 18 heteroatoms. The largest absolute Gasteiger partial charge is 1.00 e. The molecule has 0 heterocycles. The van der Waals surface area contributed by atoms with Gasteiger partial charge in [-0.1, -0.05) is 0 Å². The van der Waals surface area contributed by atoms with E-state index in [-0.39, 0.29) is 154 Å². The second kappa shape index (κ2) is 19.6. The first-order chi connectivity index (χ1) is 9.25. The van der Waals surface area contributed by atoms with Gasteiger partial charge >= 0.3 is 154 Å². The number of Topliss-reactive ketones (excluding diaryl/α,β-unsaturated/α-hetero) is 1. The number of hydrogen-bond acceptors (Lipinski definition) is 12. The van der Waals surface area contributed by atoms with Crippen LogP contribution in [0.1, 0.15) is 0 Å². The molecule has 0 aliphatic carbocycles. The second-order valence-electron chi connectivity index (χ2n) is 3.31. The van der Waals surface area contributed by atoms with Crippen LogP contribution in [0.2, 0.25) is 0 Å². The van der Waals surface area contributed by atoms with Crippen LogP contribution in [0.25, 0.3) is 0 Å². The smallest absolute Gasteiger partial charge is 0.790 e. The zero-order valence-electron chi connectivity index (χ0n) is 13.1. The van der Waals surface area contributed by atoms with Crippen molar-refractivity contribution in [2.24, 2.45) is 0 Å². The van der Waals surface area contributed by atoms with Crippen LogP contribution in [0.3, 0.4) is 0 Å². The molecule has 0 saturated heterocycles. The van der Waals surface area contributed by atoms with Gasteiger partial charge < -0.3 is 49.7 Å². The van der Waals surface area contributed by atoms with E-state index >= 15 is 0 Å². The van der Waals surface area contributed by atoms with E-state index in [1.807, 2.05) is 0 Å². The van der Waals surface area contributed by atoms with Crippen LogP contribution in [0.4, 0.5) is 0 Å². The van der Waals surface area contributed by atoms with Crippen LogP contribution in [0, 0.1) is 0 Å². The Balaban J connectivity index is -0.0000000918. The monoisotopic (exact) mass is 472 g/mol. The van der Waals surface area contributed by atoms with E-state index < -0.39 is 53.0 Å². The van der Waals surface area contributed by atoms with Gasteiger partial charge in [0.15, 0.2) is 5.78 Å². The van der Waals surface area contributed by atoms with E-state index in [2.05, 4.69) is 4.31 Å². The molecule has 0 spiro atoms. The van der Waals surface area contributed by atoms with Gasteiger partial charge in [-0.3, -0.25) is 13.7 Å². The summed E-state index contributed by atoms with van der Waals surface area (Å²) in [5, 5.41) is 43.1. The minimum absolute atomic E-state index is 0. The molecule has 0 amide bonds. The summed E-state index contributed by atoms with van der Waals surface area (Å²) in [6.07, 6.45) is -5.22. The Morgan fingerprint density at radius 1 is 1.00 bits per heavy atom. The Labute approximate surface area is 264 Å². The van der Waals surface area contributed by atoms with Gasteiger partial charge in [-0.2, -0.15) is 0 Å². The Morgan fingerprint density at radius 2 is 1.38 bits per heavy atom. The van der Waals surface area contributed by atoms with E-state index in [0.717, 1.165) is 0 Å². The number of aliphatic hydroxyl groups excluding tert-OH is 5. The minimum atomic E-state index is -5.61. The maximum Gasteiger partial charge on any atom is 1.00 e. The summed E-state index contributed by atoms with van der Waals surface area (Å²) < 4.78 is 21.4. The molecule has 0 bridgehead atoms. The second-order valence-corrected chi connectivity index (χ2v) is 5.79. The maximum absolute atomic E-state index is 10.5. The molecule has 24 heavy (non-hydrogen) atoms. The molecule has 0 aromatic carbocycles. The van der Waals surface area contributed by atoms with Crippen molar-refractivity contribution in [1.82, 2.24) is 0 Å². The van der Waals surface area contributed by atoms with Gasteiger partial charge in [-0.15, -0.1) is 0 Å². The predicted octanol–water partition coefficient (Wildman–Crippen LogP) is -15.1. The van der Waals surface area contributed by atoms with Crippen molar-refractivity contribution in [2.45, 2.75) is 18.3 Å². The Bertz CT molecular complexity index is 391. The van der Waals surface area contributed by atoms with Crippen molar-refractivity contribution in [3.05, 3.63) is 0 Å². The summed E-state index contributed by atoms with van der Waals surface area (Å²) in [6.45, 7) is -1.69. The molecule has 0 saturated carbocycles. The molecular weight excluding hydrogens is 459 g/mol. The number of aliphatic hydroxyl groups is 5. The maximum atomic E-state index is 10.5. The molecule has 128 valence electrons. The van der Waals surface area contributed by atoms with Gasteiger partial charge in [0.05, 0.1) is 14.4 Å². The summed E-state index contributed by atoms with van der Waals surface area (Å²) in [5.74, 6) is -1.00. The van der Waals surface area contributed by atoms with Gasteiger partial charge in [0.25, 0.3) is 7.82 Å². The van der Waals surface area contributed by atoms with E-state index in [1.165, 1.54) is 0 Å². The average molecular weight is 472 g/mol. The number of ketones is 1. The molecule has 0 aliphatic heterocycles. The first kappa shape index (κ1) is 39.2. The average Bonchev–Trinajstić information content (AvgIpc) is 2.31. The molecule has 4 atom stereocenters. The number of phosphoric acid groups is 2. The first-order valence-electron chi connectivity index (χ1n) is 4.81. The van der Waals surface area contributed by atoms with Crippen molar-refractivity contribution >= 4 is 21.4 Å². The van der Waals surface area contributed by atoms with Crippen LogP contribution < -0.4 is 169 Å². The van der Waals surface area contributed by atoms with Gasteiger partial charge in [0, 0.05) is 0 Å². The number of carbonyl (C=O) groups is 1.